The maximum Gasteiger partial charge on any atom is 0.286 e. The monoisotopic (exact) mass is 412 g/mol. The first-order valence-electron chi connectivity index (χ1n) is 10.1. The third kappa shape index (κ3) is 4.17. The molecule has 2 aliphatic heterocycles. The highest BCUT2D eigenvalue weighted by Crippen LogP contribution is 2.37. The molecule has 0 N–H and O–H groups in total. The largest absolute Gasteiger partial charge is 0.497 e. The van der Waals surface area contributed by atoms with Crippen LogP contribution in [0.15, 0.2) is 36.4 Å². The molecule has 2 aromatic rings. The van der Waals surface area contributed by atoms with Crippen molar-refractivity contribution < 1.29 is 23.9 Å². The number of hydrogen-bond acceptors (Lipinski definition) is 6. The van der Waals surface area contributed by atoms with E-state index in [1.807, 2.05) is 12.1 Å². The van der Waals surface area contributed by atoms with E-state index in [4.69, 9.17) is 14.2 Å². The molecule has 0 radical (unpaired) electrons. The Kier molecular flexibility index (Phi) is 5.74. The van der Waals surface area contributed by atoms with Gasteiger partial charge >= 0.3 is 0 Å². The summed E-state index contributed by atoms with van der Waals surface area (Å²) in [5, 5.41) is 11.5. The van der Waals surface area contributed by atoms with Gasteiger partial charge in [-0.15, -0.1) is 0 Å². The molecule has 8 heteroatoms. The van der Waals surface area contributed by atoms with Crippen molar-refractivity contribution in [3.8, 4) is 17.2 Å². The molecule has 2 aliphatic rings. The lowest BCUT2D eigenvalue weighted by Gasteiger charge is -2.32. The molecule has 1 amide bonds. The van der Waals surface area contributed by atoms with Gasteiger partial charge < -0.3 is 19.1 Å². The quantitative estimate of drug-likeness (QED) is 0.552. The van der Waals surface area contributed by atoms with Crippen molar-refractivity contribution in [1.82, 2.24) is 4.90 Å². The Balaban J connectivity index is 1.43. The van der Waals surface area contributed by atoms with Crippen LogP contribution in [0.4, 0.5) is 5.69 Å². The van der Waals surface area contributed by atoms with Crippen molar-refractivity contribution in [3.63, 3.8) is 0 Å². The fourth-order valence-electron chi connectivity index (χ4n) is 4.01. The number of carbonyl (C=O) groups is 1. The minimum atomic E-state index is -0.540. The number of hydrogen-bond donors (Lipinski definition) is 0. The summed E-state index contributed by atoms with van der Waals surface area (Å²) in [6, 6.07) is 10.8. The van der Waals surface area contributed by atoms with Crippen molar-refractivity contribution in [1.29, 1.82) is 0 Å². The molecule has 2 aromatic carbocycles. The van der Waals surface area contributed by atoms with Crippen LogP contribution in [0.5, 0.6) is 17.2 Å². The second-order valence-electron chi connectivity index (χ2n) is 7.56. The van der Waals surface area contributed by atoms with Gasteiger partial charge in [-0.25, -0.2) is 0 Å². The SMILES string of the molecule is COc1ccc(CC2CCN(C(=O)c3cc4c(cc3[N+](=O)[O-])OCCO4)CC2)cc1. The van der Waals surface area contributed by atoms with E-state index in [1.165, 1.54) is 17.7 Å². The highest BCUT2D eigenvalue weighted by Gasteiger charge is 2.31. The molecule has 0 saturated carbocycles. The van der Waals surface area contributed by atoms with Gasteiger partial charge in [-0.05, 0) is 42.9 Å². The van der Waals surface area contributed by atoms with Crippen LogP contribution in [-0.2, 0) is 6.42 Å². The number of fused-ring (bicyclic) bond motifs is 1. The predicted octanol–water partition coefficient (Wildman–Crippen LogP) is 3.47. The van der Waals surface area contributed by atoms with Crippen LogP contribution in [0.1, 0.15) is 28.8 Å². The van der Waals surface area contributed by atoms with Gasteiger partial charge in [0, 0.05) is 19.2 Å². The third-order valence-corrected chi connectivity index (χ3v) is 5.67. The van der Waals surface area contributed by atoms with Gasteiger partial charge in [0.1, 0.15) is 24.5 Å². The van der Waals surface area contributed by atoms with E-state index < -0.39 is 4.92 Å². The van der Waals surface area contributed by atoms with E-state index in [9.17, 15) is 14.9 Å². The maximum absolute atomic E-state index is 13.1. The molecule has 2 heterocycles. The van der Waals surface area contributed by atoms with Crippen molar-refractivity contribution in [2.75, 3.05) is 33.4 Å². The van der Waals surface area contributed by atoms with E-state index in [0.717, 1.165) is 25.0 Å². The molecule has 0 unspecified atom stereocenters. The third-order valence-electron chi connectivity index (χ3n) is 5.67. The zero-order valence-corrected chi connectivity index (χ0v) is 16.8. The first-order valence-corrected chi connectivity index (χ1v) is 10.1. The lowest BCUT2D eigenvalue weighted by molar-refractivity contribution is -0.385. The van der Waals surface area contributed by atoms with Crippen LogP contribution in [-0.4, -0.2) is 49.1 Å². The fraction of sp³-hybridized carbons (Fsp3) is 0.409. The molecule has 0 aromatic heterocycles. The Bertz CT molecular complexity index is 935. The number of nitro benzene ring substituents is 1. The fourth-order valence-corrected chi connectivity index (χ4v) is 4.01. The van der Waals surface area contributed by atoms with Crippen LogP contribution >= 0.6 is 0 Å². The van der Waals surface area contributed by atoms with Gasteiger partial charge in [-0.2, -0.15) is 0 Å². The van der Waals surface area contributed by atoms with Crippen molar-refractivity contribution in [2.45, 2.75) is 19.3 Å². The van der Waals surface area contributed by atoms with Crippen LogP contribution in [0.3, 0.4) is 0 Å². The van der Waals surface area contributed by atoms with E-state index in [1.54, 1.807) is 12.0 Å². The van der Waals surface area contributed by atoms with E-state index >= 15 is 0 Å². The zero-order valence-electron chi connectivity index (χ0n) is 16.8. The number of carbonyl (C=O) groups excluding carboxylic acids is 1. The Morgan fingerprint density at radius 2 is 1.77 bits per heavy atom. The second kappa shape index (κ2) is 8.61. The standard InChI is InChI=1S/C22H24N2O6/c1-28-17-4-2-15(3-5-17)12-16-6-8-23(9-7-16)22(25)18-13-20-21(30-11-10-29-20)14-19(18)24(26)27/h2-5,13-14,16H,6-12H2,1H3. The van der Waals surface area contributed by atoms with Gasteiger partial charge in [0.25, 0.3) is 11.6 Å². The molecule has 0 spiro atoms. The van der Waals surface area contributed by atoms with E-state index in [0.29, 0.717) is 43.7 Å². The summed E-state index contributed by atoms with van der Waals surface area (Å²) >= 11 is 0. The number of benzene rings is 2. The normalized spacial score (nSPS) is 16.2. The molecule has 0 aliphatic carbocycles. The summed E-state index contributed by atoms with van der Waals surface area (Å²) in [7, 11) is 1.65. The first kappa shape index (κ1) is 20.0. The topological polar surface area (TPSA) is 91.1 Å². The molecule has 0 bridgehead atoms. The average molecular weight is 412 g/mol. The first-order chi connectivity index (χ1) is 14.5. The van der Waals surface area contributed by atoms with Crippen molar-refractivity contribution in [2.24, 2.45) is 5.92 Å². The summed E-state index contributed by atoms with van der Waals surface area (Å²) in [5.41, 5.74) is 1.05. The summed E-state index contributed by atoms with van der Waals surface area (Å²) in [6.45, 7) is 1.84. The minimum Gasteiger partial charge on any atom is -0.497 e. The second-order valence-corrected chi connectivity index (χ2v) is 7.56. The Labute approximate surface area is 174 Å². The number of piperidine rings is 1. The number of amides is 1. The van der Waals surface area contributed by atoms with Crippen LogP contribution in [0.2, 0.25) is 0 Å². The van der Waals surface area contributed by atoms with Gasteiger partial charge in [-0.3, -0.25) is 14.9 Å². The van der Waals surface area contributed by atoms with Gasteiger partial charge in [0.15, 0.2) is 11.5 Å². The van der Waals surface area contributed by atoms with E-state index in [2.05, 4.69) is 12.1 Å². The molecule has 1 fully saturated rings. The predicted molar refractivity (Wildman–Crippen MR) is 109 cm³/mol. The number of likely N-dealkylation sites (tertiary alicyclic amines) is 1. The molecule has 8 nitrogen and oxygen atoms in total. The van der Waals surface area contributed by atoms with Crippen LogP contribution < -0.4 is 14.2 Å². The molecule has 158 valence electrons. The number of ether oxygens (including phenoxy) is 3. The van der Waals surface area contributed by atoms with E-state index in [-0.39, 0.29) is 17.2 Å². The minimum absolute atomic E-state index is 0.0536. The number of nitro groups is 1. The zero-order chi connectivity index (χ0) is 21.1. The maximum atomic E-state index is 13.1. The molecular weight excluding hydrogens is 388 g/mol. The molecular formula is C22H24N2O6. The summed E-state index contributed by atoms with van der Waals surface area (Å²) in [5.74, 6) is 1.66. The van der Waals surface area contributed by atoms with Gasteiger partial charge in [-0.1, -0.05) is 12.1 Å². The molecule has 0 atom stereocenters. The highest BCUT2D eigenvalue weighted by atomic mass is 16.6. The number of methoxy groups -OCH3 is 1. The molecule has 1 saturated heterocycles. The molecule has 30 heavy (non-hydrogen) atoms. The smallest absolute Gasteiger partial charge is 0.286 e. The molecule has 4 rings (SSSR count). The van der Waals surface area contributed by atoms with Crippen LogP contribution in [0, 0.1) is 16.0 Å². The lowest BCUT2D eigenvalue weighted by Crippen LogP contribution is -2.39. The summed E-state index contributed by atoms with van der Waals surface area (Å²) < 4.78 is 16.1. The van der Waals surface area contributed by atoms with Gasteiger partial charge in [0.05, 0.1) is 18.1 Å². The lowest BCUT2D eigenvalue weighted by atomic mass is 9.90. The summed E-state index contributed by atoms with van der Waals surface area (Å²) in [4.78, 5) is 25.7. The summed E-state index contributed by atoms with van der Waals surface area (Å²) in [6.07, 6.45) is 2.66. The Morgan fingerprint density at radius 1 is 1.13 bits per heavy atom. The number of rotatable bonds is 5. The van der Waals surface area contributed by atoms with Gasteiger partial charge in [0.2, 0.25) is 0 Å². The van der Waals surface area contributed by atoms with Crippen LogP contribution in [0.25, 0.3) is 0 Å². The average Bonchev–Trinajstić information content (AvgIpc) is 2.78. The Hall–Kier alpha value is -3.29. The Morgan fingerprint density at radius 3 is 2.37 bits per heavy atom. The highest BCUT2D eigenvalue weighted by molar-refractivity contribution is 5.99. The van der Waals surface area contributed by atoms with Crippen molar-refractivity contribution in [3.05, 3.63) is 57.6 Å². The number of nitrogens with zero attached hydrogens (tertiary/aromatic N) is 2. The van der Waals surface area contributed by atoms with Crippen molar-refractivity contribution >= 4 is 11.6 Å².